The summed E-state index contributed by atoms with van der Waals surface area (Å²) in [6.07, 6.45) is 1.42. The molecule has 2 rings (SSSR count). The number of aryl methyl sites for hydroxylation is 2. The molecule has 0 fully saturated rings. The van der Waals surface area contributed by atoms with Gasteiger partial charge in [-0.25, -0.2) is 4.83 Å². The van der Waals surface area contributed by atoms with Gasteiger partial charge in [0.25, 0.3) is 10.0 Å². The lowest BCUT2D eigenvalue weighted by molar-refractivity contribution is 0.311. The van der Waals surface area contributed by atoms with Gasteiger partial charge in [0.15, 0.2) is 11.5 Å². The van der Waals surface area contributed by atoms with Crippen LogP contribution in [0.25, 0.3) is 0 Å². The van der Waals surface area contributed by atoms with E-state index in [1.165, 1.54) is 6.21 Å². The number of methoxy groups -OCH3 is 1. The van der Waals surface area contributed by atoms with Crippen molar-refractivity contribution in [2.45, 2.75) is 25.7 Å². The van der Waals surface area contributed by atoms with E-state index in [-0.39, 0.29) is 4.90 Å². The van der Waals surface area contributed by atoms with Crippen molar-refractivity contribution < 1.29 is 17.9 Å². The van der Waals surface area contributed by atoms with Crippen molar-refractivity contribution in [3.8, 4) is 11.5 Å². The number of nitrogens with zero attached hydrogens (tertiary/aromatic N) is 1. The van der Waals surface area contributed by atoms with E-state index in [1.54, 1.807) is 44.4 Å². The maximum Gasteiger partial charge on any atom is 0.276 e. The Labute approximate surface area is 148 Å². The fourth-order valence-corrected chi connectivity index (χ4v) is 3.38. The van der Waals surface area contributed by atoms with Crippen LogP contribution in [0.2, 0.25) is 0 Å². The molecule has 0 amide bonds. The summed E-state index contributed by atoms with van der Waals surface area (Å²) in [7, 11) is -2.18. The topological polar surface area (TPSA) is 77.0 Å². The molecule has 134 valence electrons. The maximum atomic E-state index is 12.4. The van der Waals surface area contributed by atoms with E-state index < -0.39 is 10.0 Å². The molecule has 0 aliphatic rings. The van der Waals surface area contributed by atoms with Crippen molar-refractivity contribution in [1.82, 2.24) is 4.83 Å². The van der Waals surface area contributed by atoms with Crippen LogP contribution in [0.4, 0.5) is 0 Å². The van der Waals surface area contributed by atoms with Crippen LogP contribution in [-0.4, -0.2) is 28.3 Å². The third-order valence-electron chi connectivity index (χ3n) is 3.51. The monoisotopic (exact) mass is 362 g/mol. The minimum Gasteiger partial charge on any atom is -0.493 e. The van der Waals surface area contributed by atoms with E-state index in [1.807, 2.05) is 19.9 Å². The quantitative estimate of drug-likeness (QED) is 0.607. The predicted molar refractivity (Wildman–Crippen MR) is 98.0 cm³/mol. The molecular weight excluding hydrogens is 340 g/mol. The molecule has 2 aromatic rings. The van der Waals surface area contributed by atoms with Gasteiger partial charge < -0.3 is 9.47 Å². The van der Waals surface area contributed by atoms with Gasteiger partial charge in [0.2, 0.25) is 0 Å². The van der Waals surface area contributed by atoms with Crippen LogP contribution in [0.15, 0.2) is 46.4 Å². The summed E-state index contributed by atoms with van der Waals surface area (Å²) in [5, 5.41) is 3.85. The number of hydrogen-bond donors (Lipinski definition) is 1. The summed E-state index contributed by atoms with van der Waals surface area (Å²) in [5.74, 6) is 1.18. The average molecular weight is 362 g/mol. The van der Waals surface area contributed by atoms with Crippen molar-refractivity contribution in [2.75, 3.05) is 13.7 Å². The second kappa shape index (κ2) is 8.02. The Kier molecular flexibility index (Phi) is 6.03. The van der Waals surface area contributed by atoms with E-state index in [0.29, 0.717) is 29.2 Å². The zero-order valence-corrected chi connectivity index (χ0v) is 15.6. The largest absolute Gasteiger partial charge is 0.493 e. The van der Waals surface area contributed by atoms with E-state index in [0.717, 1.165) is 5.56 Å². The Morgan fingerprint density at radius 1 is 1.12 bits per heavy atom. The summed E-state index contributed by atoms with van der Waals surface area (Å²) in [6.45, 7) is 6.00. The predicted octanol–water partition coefficient (Wildman–Crippen LogP) is 3.02. The standard InChI is InChI=1S/C18H22N2O4S/c1-5-24-16-9-8-15(11-17(16)23-4)12-19-20-25(21,22)18-10-13(2)6-7-14(18)3/h6-12,20H,5H2,1-4H3/b19-12-. The molecule has 7 heteroatoms. The normalized spacial score (nSPS) is 11.5. The molecular formula is C18H22N2O4S. The lowest BCUT2D eigenvalue weighted by atomic mass is 10.2. The second-order valence-corrected chi connectivity index (χ2v) is 7.09. The van der Waals surface area contributed by atoms with Crippen LogP contribution < -0.4 is 14.3 Å². The number of hydrazone groups is 1. The highest BCUT2D eigenvalue weighted by Gasteiger charge is 2.15. The molecule has 0 aromatic heterocycles. The Hall–Kier alpha value is -2.54. The van der Waals surface area contributed by atoms with Gasteiger partial charge in [-0.3, -0.25) is 0 Å². The Morgan fingerprint density at radius 2 is 1.88 bits per heavy atom. The molecule has 0 heterocycles. The van der Waals surface area contributed by atoms with Gasteiger partial charge in [0, 0.05) is 0 Å². The molecule has 0 bridgehead atoms. The van der Waals surface area contributed by atoms with Crippen LogP contribution in [0.3, 0.4) is 0 Å². The van der Waals surface area contributed by atoms with E-state index in [2.05, 4.69) is 9.93 Å². The van der Waals surface area contributed by atoms with Crippen molar-refractivity contribution in [1.29, 1.82) is 0 Å². The summed E-state index contributed by atoms with van der Waals surface area (Å²) in [6, 6.07) is 10.5. The number of hydrogen-bond acceptors (Lipinski definition) is 5. The molecule has 0 saturated carbocycles. The number of sulfonamides is 1. The lowest BCUT2D eigenvalue weighted by Crippen LogP contribution is -2.19. The molecule has 0 radical (unpaired) electrons. The van der Waals surface area contributed by atoms with Gasteiger partial charge in [-0.05, 0) is 61.7 Å². The number of nitrogens with one attached hydrogen (secondary N) is 1. The highest BCUT2D eigenvalue weighted by atomic mass is 32.2. The number of ether oxygens (including phenoxy) is 2. The summed E-state index contributed by atoms with van der Waals surface area (Å²) < 4.78 is 35.5. The lowest BCUT2D eigenvalue weighted by Gasteiger charge is -2.09. The van der Waals surface area contributed by atoms with Gasteiger partial charge in [0.05, 0.1) is 24.8 Å². The van der Waals surface area contributed by atoms with Crippen molar-refractivity contribution in [3.63, 3.8) is 0 Å². The Morgan fingerprint density at radius 3 is 2.56 bits per heavy atom. The van der Waals surface area contributed by atoms with Crippen LogP contribution in [0, 0.1) is 13.8 Å². The second-order valence-electron chi connectivity index (χ2n) is 5.47. The summed E-state index contributed by atoms with van der Waals surface area (Å²) >= 11 is 0. The molecule has 1 N–H and O–H groups in total. The molecule has 0 unspecified atom stereocenters. The first-order valence-corrected chi connectivity index (χ1v) is 9.28. The van der Waals surface area contributed by atoms with Gasteiger partial charge in [-0.15, -0.1) is 0 Å². The third kappa shape index (κ3) is 4.73. The zero-order chi connectivity index (χ0) is 18.4. The zero-order valence-electron chi connectivity index (χ0n) is 14.7. The minimum atomic E-state index is -3.72. The molecule has 0 spiro atoms. The highest BCUT2D eigenvalue weighted by Crippen LogP contribution is 2.27. The third-order valence-corrected chi connectivity index (χ3v) is 4.87. The van der Waals surface area contributed by atoms with E-state index in [4.69, 9.17) is 9.47 Å². The summed E-state index contributed by atoms with van der Waals surface area (Å²) in [5.41, 5.74) is 2.21. The van der Waals surface area contributed by atoms with Crippen LogP contribution in [0.5, 0.6) is 11.5 Å². The SMILES string of the molecule is CCOc1ccc(/C=N\NS(=O)(=O)c2cc(C)ccc2C)cc1OC. The van der Waals surface area contributed by atoms with Crippen LogP contribution >= 0.6 is 0 Å². The fourth-order valence-electron chi connectivity index (χ4n) is 2.26. The molecule has 0 atom stereocenters. The molecule has 2 aromatic carbocycles. The van der Waals surface area contributed by atoms with Gasteiger partial charge >= 0.3 is 0 Å². The maximum absolute atomic E-state index is 12.4. The molecule has 0 saturated heterocycles. The van der Waals surface area contributed by atoms with Crippen molar-refractivity contribution in [2.24, 2.45) is 5.10 Å². The average Bonchev–Trinajstić information content (AvgIpc) is 2.58. The first kappa shape index (κ1) is 18.8. The fraction of sp³-hybridized carbons (Fsp3) is 0.278. The smallest absolute Gasteiger partial charge is 0.276 e. The molecule has 0 aliphatic heterocycles. The first-order valence-electron chi connectivity index (χ1n) is 7.80. The molecule has 0 aliphatic carbocycles. The number of rotatable bonds is 7. The van der Waals surface area contributed by atoms with Crippen molar-refractivity contribution in [3.05, 3.63) is 53.1 Å². The Balaban J connectivity index is 2.18. The molecule has 6 nitrogen and oxygen atoms in total. The summed E-state index contributed by atoms with van der Waals surface area (Å²) in [4.78, 5) is 2.46. The minimum absolute atomic E-state index is 0.217. The van der Waals surface area contributed by atoms with Crippen LogP contribution in [0.1, 0.15) is 23.6 Å². The van der Waals surface area contributed by atoms with E-state index >= 15 is 0 Å². The van der Waals surface area contributed by atoms with Gasteiger partial charge in [0.1, 0.15) is 0 Å². The van der Waals surface area contributed by atoms with Crippen molar-refractivity contribution >= 4 is 16.2 Å². The van der Waals surface area contributed by atoms with Gasteiger partial charge in [-0.2, -0.15) is 13.5 Å². The Bertz CT molecular complexity index is 877. The van der Waals surface area contributed by atoms with Gasteiger partial charge in [-0.1, -0.05) is 12.1 Å². The highest BCUT2D eigenvalue weighted by molar-refractivity contribution is 7.89. The van der Waals surface area contributed by atoms with E-state index in [9.17, 15) is 8.42 Å². The van der Waals surface area contributed by atoms with Crippen LogP contribution in [-0.2, 0) is 10.0 Å². The first-order chi connectivity index (χ1) is 11.9. The molecule has 25 heavy (non-hydrogen) atoms. The number of benzene rings is 2.